The molecule has 0 aliphatic heterocycles. The lowest BCUT2D eigenvalue weighted by molar-refractivity contribution is -0.117. The molecule has 0 spiro atoms. The van der Waals surface area contributed by atoms with Gasteiger partial charge in [0.25, 0.3) is 5.91 Å². The van der Waals surface area contributed by atoms with Gasteiger partial charge in [-0.25, -0.2) is 4.98 Å². The Balaban J connectivity index is 2.69. The van der Waals surface area contributed by atoms with Crippen LogP contribution in [0.5, 0.6) is 0 Å². The third-order valence-corrected chi connectivity index (χ3v) is 2.60. The molecule has 0 fully saturated rings. The molecule has 14 heavy (non-hydrogen) atoms. The van der Waals surface area contributed by atoms with E-state index in [1.54, 1.807) is 6.92 Å². The van der Waals surface area contributed by atoms with Gasteiger partial charge >= 0.3 is 0 Å². The molecule has 0 atom stereocenters. The molecule has 1 heterocycles. The number of amides is 2. The molecule has 6 heteroatoms. The number of hydrogen-bond donors (Lipinski definition) is 2. The molecule has 5 nitrogen and oxygen atoms in total. The highest BCUT2D eigenvalue weighted by atomic mass is 32.1. The second-order valence-electron chi connectivity index (χ2n) is 2.80. The fraction of sp³-hybridized carbons (Fsp3) is 0.375. The molecule has 1 rings (SSSR count). The molecule has 0 saturated heterocycles. The van der Waals surface area contributed by atoms with E-state index >= 15 is 0 Å². The Bertz CT molecular complexity index is 373. The van der Waals surface area contributed by atoms with Crippen molar-refractivity contribution in [3.8, 4) is 0 Å². The van der Waals surface area contributed by atoms with Crippen molar-refractivity contribution in [1.82, 2.24) is 10.3 Å². The second kappa shape index (κ2) is 4.19. The maximum absolute atomic E-state index is 11.4. The highest BCUT2D eigenvalue weighted by molar-refractivity contribution is 7.13. The SMILES string of the molecule is Cc1nc(C)c(C(=O)NCC(N)=O)s1. The number of aromatic nitrogens is 1. The van der Waals surface area contributed by atoms with E-state index in [-0.39, 0.29) is 12.5 Å². The van der Waals surface area contributed by atoms with E-state index in [1.807, 2.05) is 6.92 Å². The Labute approximate surface area is 85.3 Å². The quantitative estimate of drug-likeness (QED) is 0.739. The Kier molecular flexibility index (Phi) is 3.19. The third kappa shape index (κ3) is 2.53. The van der Waals surface area contributed by atoms with Crippen LogP contribution in [0.2, 0.25) is 0 Å². The molecule has 1 aromatic heterocycles. The third-order valence-electron chi connectivity index (χ3n) is 1.53. The molecule has 1 aromatic rings. The average molecular weight is 213 g/mol. The van der Waals surface area contributed by atoms with E-state index in [0.29, 0.717) is 10.6 Å². The molecule has 0 aliphatic rings. The predicted octanol–water partition coefficient (Wildman–Crippen LogP) is -0.0250. The zero-order valence-corrected chi connectivity index (χ0v) is 8.77. The van der Waals surface area contributed by atoms with Gasteiger partial charge < -0.3 is 11.1 Å². The Morgan fingerprint density at radius 1 is 1.50 bits per heavy atom. The molecular formula is C8H11N3O2S. The van der Waals surface area contributed by atoms with Crippen molar-refractivity contribution in [3.63, 3.8) is 0 Å². The van der Waals surface area contributed by atoms with Gasteiger partial charge in [0, 0.05) is 0 Å². The maximum atomic E-state index is 11.4. The molecule has 0 aromatic carbocycles. The molecule has 0 unspecified atom stereocenters. The van der Waals surface area contributed by atoms with Crippen LogP contribution < -0.4 is 11.1 Å². The summed E-state index contributed by atoms with van der Waals surface area (Å²) >= 11 is 1.30. The molecular weight excluding hydrogens is 202 g/mol. The monoisotopic (exact) mass is 213 g/mol. The van der Waals surface area contributed by atoms with E-state index in [9.17, 15) is 9.59 Å². The van der Waals surface area contributed by atoms with Crippen LogP contribution in [0.15, 0.2) is 0 Å². The number of primary amides is 1. The number of nitrogens with zero attached hydrogens (tertiary/aromatic N) is 1. The Morgan fingerprint density at radius 3 is 2.57 bits per heavy atom. The van der Waals surface area contributed by atoms with Gasteiger partial charge in [-0.2, -0.15) is 0 Å². The van der Waals surface area contributed by atoms with E-state index in [1.165, 1.54) is 11.3 Å². The van der Waals surface area contributed by atoms with Gasteiger partial charge in [0.2, 0.25) is 5.91 Å². The first-order chi connectivity index (χ1) is 6.50. The Morgan fingerprint density at radius 2 is 2.14 bits per heavy atom. The number of nitrogens with two attached hydrogens (primary N) is 1. The van der Waals surface area contributed by atoms with Gasteiger partial charge in [0.05, 0.1) is 17.2 Å². The van der Waals surface area contributed by atoms with Crippen molar-refractivity contribution in [2.24, 2.45) is 5.73 Å². The lowest BCUT2D eigenvalue weighted by Gasteiger charge is -1.99. The average Bonchev–Trinajstić information content (AvgIpc) is 2.41. The second-order valence-corrected chi connectivity index (χ2v) is 4.00. The van der Waals surface area contributed by atoms with Crippen LogP contribution in [-0.4, -0.2) is 23.3 Å². The van der Waals surface area contributed by atoms with Gasteiger partial charge in [0.1, 0.15) is 4.88 Å². The summed E-state index contributed by atoms with van der Waals surface area (Å²) < 4.78 is 0. The summed E-state index contributed by atoms with van der Waals surface area (Å²) in [6.45, 7) is 3.43. The van der Waals surface area contributed by atoms with Crippen molar-refractivity contribution in [2.75, 3.05) is 6.54 Å². The molecule has 0 radical (unpaired) electrons. The highest BCUT2D eigenvalue weighted by Gasteiger charge is 2.13. The molecule has 0 bridgehead atoms. The lowest BCUT2D eigenvalue weighted by Crippen LogP contribution is -2.33. The molecule has 0 saturated carbocycles. The first-order valence-electron chi connectivity index (χ1n) is 4.01. The first kappa shape index (κ1) is 10.6. The minimum absolute atomic E-state index is 0.144. The van der Waals surface area contributed by atoms with Crippen molar-refractivity contribution >= 4 is 23.2 Å². The number of thiazole rings is 1. The van der Waals surface area contributed by atoms with Gasteiger partial charge in [0.15, 0.2) is 0 Å². The van der Waals surface area contributed by atoms with Gasteiger partial charge in [-0.05, 0) is 13.8 Å². The minimum atomic E-state index is -0.558. The first-order valence-corrected chi connectivity index (χ1v) is 4.83. The van der Waals surface area contributed by atoms with Crippen LogP contribution in [0.25, 0.3) is 0 Å². The fourth-order valence-corrected chi connectivity index (χ4v) is 1.83. The van der Waals surface area contributed by atoms with Crippen molar-refractivity contribution in [3.05, 3.63) is 15.6 Å². The fourth-order valence-electron chi connectivity index (χ4n) is 0.990. The summed E-state index contributed by atoms with van der Waals surface area (Å²) in [5, 5.41) is 3.24. The Hall–Kier alpha value is -1.43. The van der Waals surface area contributed by atoms with Crippen LogP contribution in [0.3, 0.4) is 0 Å². The summed E-state index contributed by atoms with van der Waals surface area (Å²) in [6.07, 6.45) is 0. The van der Waals surface area contributed by atoms with E-state index < -0.39 is 5.91 Å². The van der Waals surface area contributed by atoms with Gasteiger partial charge in [-0.1, -0.05) is 0 Å². The minimum Gasteiger partial charge on any atom is -0.368 e. The summed E-state index contributed by atoms with van der Waals surface area (Å²) in [7, 11) is 0. The van der Waals surface area contributed by atoms with Gasteiger partial charge in [-0.3, -0.25) is 9.59 Å². The number of carbonyl (C=O) groups excluding carboxylic acids is 2. The zero-order valence-electron chi connectivity index (χ0n) is 7.96. The molecule has 2 amide bonds. The summed E-state index contributed by atoms with van der Waals surface area (Å²) in [4.78, 5) is 26.5. The van der Waals surface area contributed by atoms with Crippen LogP contribution in [0.4, 0.5) is 0 Å². The van der Waals surface area contributed by atoms with Crippen molar-refractivity contribution in [2.45, 2.75) is 13.8 Å². The highest BCUT2D eigenvalue weighted by Crippen LogP contribution is 2.16. The molecule has 3 N–H and O–H groups in total. The van der Waals surface area contributed by atoms with Crippen LogP contribution in [0.1, 0.15) is 20.4 Å². The number of carbonyl (C=O) groups is 2. The number of nitrogens with one attached hydrogen (secondary N) is 1. The lowest BCUT2D eigenvalue weighted by atomic mass is 10.4. The molecule has 76 valence electrons. The maximum Gasteiger partial charge on any atom is 0.263 e. The number of aryl methyl sites for hydroxylation is 2. The van der Waals surface area contributed by atoms with Crippen LogP contribution >= 0.6 is 11.3 Å². The summed E-state index contributed by atoms with van der Waals surface area (Å²) in [5.74, 6) is -0.857. The molecule has 0 aliphatic carbocycles. The van der Waals surface area contributed by atoms with Crippen LogP contribution in [0, 0.1) is 13.8 Å². The number of rotatable bonds is 3. The van der Waals surface area contributed by atoms with Crippen molar-refractivity contribution < 1.29 is 9.59 Å². The van der Waals surface area contributed by atoms with Gasteiger partial charge in [-0.15, -0.1) is 11.3 Å². The van der Waals surface area contributed by atoms with E-state index in [2.05, 4.69) is 10.3 Å². The van der Waals surface area contributed by atoms with Crippen molar-refractivity contribution in [1.29, 1.82) is 0 Å². The standard InChI is InChI=1S/C8H11N3O2S/c1-4-7(14-5(2)11-4)8(13)10-3-6(9)12/h3H2,1-2H3,(H2,9,12)(H,10,13). The van der Waals surface area contributed by atoms with E-state index in [0.717, 1.165) is 5.01 Å². The number of hydrogen-bond acceptors (Lipinski definition) is 4. The smallest absolute Gasteiger partial charge is 0.263 e. The zero-order chi connectivity index (χ0) is 10.7. The topological polar surface area (TPSA) is 85.1 Å². The summed E-state index contributed by atoms with van der Waals surface area (Å²) in [6, 6.07) is 0. The predicted molar refractivity (Wildman–Crippen MR) is 53.1 cm³/mol. The summed E-state index contributed by atoms with van der Waals surface area (Å²) in [5.41, 5.74) is 5.57. The van der Waals surface area contributed by atoms with Crippen LogP contribution in [-0.2, 0) is 4.79 Å². The largest absolute Gasteiger partial charge is 0.368 e. The normalized spacial score (nSPS) is 9.86. The van der Waals surface area contributed by atoms with E-state index in [4.69, 9.17) is 5.73 Å².